The van der Waals surface area contributed by atoms with Gasteiger partial charge in [0.15, 0.2) is 0 Å². The van der Waals surface area contributed by atoms with Crippen molar-refractivity contribution in [2.45, 2.75) is 6.61 Å². The molecular weight excluding hydrogens is 199 g/mol. The number of carbonyl (C=O) groups is 1. The second-order valence-corrected chi connectivity index (χ2v) is 2.89. The molecule has 0 N–H and O–H groups in total. The van der Waals surface area contributed by atoms with E-state index in [9.17, 15) is 9.18 Å². The van der Waals surface area contributed by atoms with E-state index in [-0.39, 0.29) is 19.8 Å². The minimum Gasteiger partial charge on any atom is -0.459 e. The predicted molar refractivity (Wildman–Crippen MR) is 53.0 cm³/mol. The van der Waals surface area contributed by atoms with E-state index in [4.69, 9.17) is 4.74 Å². The summed E-state index contributed by atoms with van der Waals surface area (Å²) in [5, 5.41) is 0. The van der Waals surface area contributed by atoms with E-state index in [0.717, 1.165) is 5.56 Å². The standard InChI is InChI=1S/C11H13FO3/c12-6-7-14-9-11(13)15-8-10-4-2-1-3-5-10/h1-5H,6-9H2. The van der Waals surface area contributed by atoms with Gasteiger partial charge in [0.25, 0.3) is 0 Å². The number of alkyl halides is 1. The summed E-state index contributed by atoms with van der Waals surface area (Å²) in [4.78, 5) is 11.0. The summed E-state index contributed by atoms with van der Waals surface area (Å²) in [6.45, 7) is -0.637. The zero-order valence-corrected chi connectivity index (χ0v) is 8.32. The van der Waals surface area contributed by atoms with Crippen LogP contribution in [-0.4, -0.2) is 25.9 Å². The van der Waals surface area contributed by atoms with Crippen LogP contribution in [0.15, 0.2) is 30.3 Å². The number of carbonyl (C=O) groups excluding carboxylic acids is 1. The summed E-state index contributed by atoms with van der Waals surface area (Å²) in [7, 11) is 0. The molecule has 0 spiro atoms. The number of halogens is 1. The number of ether oxygens (including phenoxy) is 2. The highest BCUT2D eigenvalue weighted by atomic mass is 19.1. The number of hydrogen-bond acceptors (Lipinski definition) is 3. The molecular formula is C11H13FO3. The predicted octanol–water partition coefficient (Wildman–Crippen LogP) is 1.72. The van der Waals surface area contributed by atoms with Crippen LogP contribution >= 0.6 is 0 Å². The van der Waals surface area contributed by atoms with Crippen molar-refractivity contribution in [2.75, 3.05) is 19.9 Å². The van der Waals surface area contributed by atoms with Crippen LogP contribution in [0.3, 0.4) is 0 Å². The average molecular weight is 212 g/mol. The van der Waals surface area contributed by atoms with Gasteiger partial charge >= 0.3 is 5.97 Å². The molecule has 0 aliphatic heterocycles. The first-order valence-corrected chi connectivity index (χ1v) is 4.66. The number of rotatable bonds is 6. The van der Waals surface area contributed by atoms with E-state index in [0.29, 0.717) is 0 Å². The summed E-state index contributed by atoms with van der Waals surface area (Å²) in [6.07, 6.45) is 0. The number of esters is 1. The van der Waals surface area contributed by atoms with Gasteiger partial charge < -0.3 is 9.47 Å². The Morgan fingerprint density at radius 2 is 2.00 bits per heavy atom. The summed E-state index contributed by atoms with van der Waals surface area (Å²) in [5.74, 6) is -0.479. The molecule has 0 amide bonds. The minimum absolute atomic E-state index is 0.0690. The fraction of sp³-hybridized carbons (Fsp3) is 0.364. The fourth-order valence-corrected chi connectivity index (χ4v) is 0.990. The van der Waals surface area contributed by atoms with Crippen LogP contribution < -0.4 is 0 Å². The molecule has 15 heavy (non-hydrogen) atoms. The molecule has 0 saturated carbocycles. The maximum absolute atomic E-state index is 11.6. The van der Waals surface area contributed by atoms with Gasteiger partial charge in [0.2, 0.25) is 0 Å². The molecule has 1 rings (SSSR count). The number of benzene rings is 1. The molecule has 1 aromatic carbocycles. The quantitative estimate of drug-likeness (QED) is 0.532. The molecule has 82 valence electrons. The van der Waals surface area contributed by atoms with Crippen molar-refractivity contribution in [1.29, 1.82) is 0 Å². The third-order valence-corrected chi connectivity index (χ3v) is 1.68. The molecule has 0 heterocycles. The van der Waals surface area contributed by atoms with Gasteiger partial charge in [-0.2, -0.15) is 0 Å². The van der Waals surface area contributed by atoms with Gasteiger partial charge in [-0.3, -0.25) is 0 Å². The molecule has 0 aliphatic rings. The topological polar surface area (TPSA) is 35.5 Å². The van der Waals surface area contributed by atoms with Crippen LogP contribution in [0, 0.1) is 0 Å². The summed E-state index contributed by atoms with van der Waals surface area (Å²) < 4.78 is 21.2. The Morgan fingerprint density at radius 3 is 2.67 bits per heavy atom. The van der Waals surface area contributed by atoms with Crippen LogP contribution in [-0.2, 0) is 20.9 Å². The molecule has 0 radical (unpaired) electrons. The monoisotopic (exact) mass is 212 g/mol. The van der Waals surface area contributed by atoms with E-state index in [1.54, 1.807) is 0 Å². The molecule has 0 saturated heterocycles. The zero-order chi connectivity index (χ0) is 10.9. The van der Waals surface area contributed by atoms with Crippen LogP contribution in [0.1, 0.15) is 5.56 Å². The molecule has 0 atom stereocenters. The maximum atomic E-state index is 11.6. The van der Waals surface area contributed by atoms with E-state index >= 15 is 0 Å². The van der Waals surface area contributed by atoms with Gasteiger partial charge in [-0.25, -0.2) is 9.18 Å². The summed E-state index contributed by atoms with van der Waals surface area (Å²) in [6, 6.07) is 9.33. The second kappa shape index (κ2) is 6.95. The lowest BCUT2D eigenvalue weighted by Crippen LogP contribution is -2.13. The van der Waals surface area contributed by atoms with Crippen molar-refractivity contribution in [2.24, 2.45) is 0 Å². The Morgan fingerprint density at radius 1 is 1.27 bits per heavy atom. The largest absolute Gasteiger partial charge is 0.459 e. The van der Waals surface area contributed by atoms with Crippen LogP contribution in [0.25, 0.3) is 0 Å². The van der Waals surface area contributed by atoms with Crippen molar-refractivity contribution in [3.8, 4) is 0 Å². The van der Waals surface area contributed by atoms with Crippen molar-refractivity contribution >= 4 is 5.97 Å². The molecule has 0 unspecified atom stereocenters. The fourth-order valence-electron chi connectivity index (χ4n) is 0.990. The Kier molecular flexibility index (Phi) is 5.40. The smallest absolute Gasteiger partial charge is 0.332 e. The molecule has 4 heteroatoms. The normalized spacial score (nSPS) is 9.93. The van der Waals surface area contributed by atoms with E-state index in [1.165, 1.54) is 0 Å². The van der Waals surface area contributed by atoms with Gasteiger partial charge in [0, 0.05) is 0 Å². The van der Waals surface area contributed by atoms with Gasteiger partial charge in [-0.05, 0) is 5.56 Å². The highest BCUT2D eigenvalue weighted by molar-refractivity contribution is 5.70. The lowest BCUT2D eigenvalue weighted by molar-refractivity contribution is -0.150. The Balaban J connectivity index is 2.17. The van der Waals surface area contributed by atoms with E-state index in [2.05, 4.69) is 4.74 Å². The Hall–Kier alpha value is -1.42. The van der Waals surface area contributed by atoms with Crippen LogP contribution in [0.4, 0.5) is 4.39 Å². The molecule has 0 aliphatic carbocycles. The molecule has 0 fully saturated rings. The van der Waals surface area contributed by atoms with Crippen molar-refractivity contribution in [3.05, 3.63) is 35.9 Å². The van der Waals surface area contributed by atoms with Crippen molar-refractivity contribution in [3.63, 3.8) is 0 Å². The zero-order valence-electron chi connectivity index (χ0n) is 8.32. The molecule has 3 nitrogen and oxygen atoms in total. The highest BCUT2D eigenvalue weighted by Crippen LogP contribution is 2.00. The van der Waals surface area contributed by atoms with Gasteiger partial charge in [0.1, 0.15) is 19.9 Å². The van der Waals surface area contributed by atoms with Crippen molar-refractivity contribution in [1.82, 2.24) is 0 Å². The first-order chi connectivity index (χ1) is 7.33. The average Bonchev–Trinajstić information content (AvgIpc) is 2.28. The minimum atomic E-state index is -0.591. The number of hydrogen-bond donors (Lipinski definition) is 0. The van der Waals surface area contributed by atoms with Gasteiger partial charge in [0.05, 0.1) is 6.61 Å². The highest BCUT2D eigenvalue weighted by Gasteiger charge is 2.02. The maximum Gasteiger partial charge on any atom is 0.332 e. The SMILES string of the molecule is O=C(COCCF)OCc1ccccc1. The van der Waals surface area contributed by atoms with Crippen LogP contribution in [0.5, 0.6) is 0 Å². The Bertz CT molecular complexity index is 287. The van der Waals surface area contributed by atoms with Crippen molar-refractivity contribution < 1.29 is 18.7 Å². The molecule has 0 aromatic heterocycles. The van der Waals surface area contributed by atoms with Gasteiger partial charge in [-0.15, -0.1) is 0 Å². The van der Waals surface area contributed by atoms with E-state index in [1.807, 2.05) is 30.3 Å². The Labute approximate surface area is 87.8 Å². The first kappa shape index (κ1) is 11.7. The lowest BCUT2D eigenvalue weighted by atomic mass is 10.2. The molecule has 0 bridgehead atoms. The first-order valence-electron chi connectivity index (χ1n) is 4.66. The van der Waals surface area contributed by atoms with E-state index < -0.39 is 12.6 Å². The third kappa shape index (κ3) is 5.12. The third-order valence-electron chi connectivity index (χ3n) is 1.68. The summed E-state index contributed by atoms with van der Waals surface area (Å²) in [5.41, 5.74) is 0.913. The van der Waals surface area contributed by atoms with Crippen LogP contribution in [0.2, 0.25) is 0 Å². The second-order valence-electron chi connectivity index (χ2n) is 2.89. The van der Waals surface area contributed by atoms with Gasteiger partial charge in [-0.1, -0.05) is 30.3 Å². The summed E-state index contributed by atoms with van der Waals surface area (Å²) >= 11 is 0. The lowest BCUT2D eigenvalue weighted by Gasteiger charge is -2.04. The molecule has 1 aromatic rings.